The van der Waals surface area contributed by atoms with Crippen molar-refractivity contribution in [2.45, 2.75) is 45.1 Å². The van der Waals surface area contributed by atoms with Gasteiger partial charge in [0.2, 0.25) is 5.88 Å². The van der Waals surface area contributed by atoms with Gasteiger partial charge in [0.05, 0.1) is 12.4 Å². The second kappa shape index (κ2) is 7.23. The number of amides is 1. The lowest BCUT2D eigenvalue weighted by Gasteiger charge is -2.39. The summed E-state index contributed by atoms with van der Waals surface area (Å²) in [6.45, 7) is 4.50. The molecule has 1 aliphatic rings. The van der Waals surface area contributed by atoms with Crippen LogP contribution in [0.1, 0.15) is 27.2 Å². The standard InChI is InChI=1S/C15H19ClF3N3O3/c1-14(2,3)25-13(23)22-5-4-10(9(8-22)15(17,18)19)24-12-7-20-6-11(16)21-12/h6-7,9-10H,4-5,8H2,1-3H3. The highest BCUT2D eigenvalue weighted by molar-refractivity contribution is 6.29. The van der Waals surface area contributed by atoms with E-state index in [0.29, 0.717) is 0 Å². The molecule has 10 heteroatoms. The third-order valence-electron chi connectivity index (χ3n) is 3.48. The maximum atomic E-state index is 13.4. The molecule has 1 aromatic heterocycles. The summed E-state index contributed by atoms with van der Waals surface area (Å²) >= 11 is 5.67. The topological polar surface area (TPSA) is 64.5 Å². The van der Waals surface area contributed by atoms with E-state index in [4.69, 9.17) is 21.1 Å². The van der Waals surface area contributed by atoms with Crippen LogP contribution in [0.3, 0.4) is 0 Å². The maximum absolute atomic E-state index is 13.4. The van der Waals surface area contributed by atoms with Crippen molar-refractivity contribution in [1.82, 2.24) is 14.9 Å². The number of alkyl halides is 3. The minimum Gasteiger partial charge on any atom is -0.472 e. The lowest BCUT2D eigenvalue weighted by molar-refractivity contribution is -0.208. The Hall–Kier alpha value is -1.77. The molecule has 0 spiro atoms. The molecule has 140 valence electrons. The number of rotatable bonds is 2. The molecule has 0 aliphatic carbocycles. The molecule has 1 fully saturated rings. The smallest absolute Gasteiger partial charge is 0.410 e. The molecule has 0 radical (unpaired) electrons. The predicted molar refractivity (Wildman–Crippen MR) is 83.4 cm³/mol. The van der Waals surface area contributed by atoms with Crippen LogP contribution < -0.4 is 4.74 Å². The van der Waals surface area contributed by atoms with Gasteiger partial charge in [-0.1, -0.05) is 11.6 Å². The molecule has 0 aromatic carbocycles. The van der Waals surface area contributed by atoms with Crippen molar-refractivity contribution in [3.8, 4) is 5.88 Å². The number of likely N-dealkylation sites (tertiary alicyclic amines) is 1. The van der Waals surface area contributed by atoms with Crippen molar-refractivity contribution in [3.05, 3.63) is 17.5 Å². The van der Waals surface area contributed by atoms with E-state index < -0.39 is 36.4 Å². The maximum Gasteiger partial charge on any atom is 0.410 e. The largest absolute Gasteiger partial charge is 0.472 e. The second-order valence-electron chi connectivity index (χ2n) is 6.70. The molecule has 2 atom stereocenters. The highest BCUT2D eigenvalue weighted by Gasteiger charge is 2.50. The first kappa shape index (κ1) is 19.6. The van der Waals surface area contributed by atoms with Crippen LogP contribution in [-0.4, -0.2) is 51.9 Å². The molecule has 6 nitrogen and oxygen atoms in total. The van der Waals surface area contributed by atoms with E-state index in [9.17, 15) is 18.0 Å². The Bertz CT molecular complexity index is 622. The van der Waals surface area contributed by atoms with Gasteiger partial charge >= 0.3 is 12.3 Å². The summed E-state index contributed by atoms with van der Waals surface area (Å²) in [6, 6.07) is 0. The van der Waals surface area contributed by atoms with E-state index >= 15 is 0 Å². The number of carbonyl (C=O) groups is 1. The zero-order chi connectivity index (χ0) is 18.8. The van der Waals surface area contributed by atoms with Crippen LogP contribution in [0, 0.1) is 5.92 Å². The highest BCUT2D eigenvalue weighted by Crippen LogP contribution is 2.35. The van der Waals surface area contributed by atoms with Gasteiger partial charge in [0, 0.05) is 19.5 Å². The zero-order valence-corrected chi connectivity index (χ0v) is 14.8. The van der Waals surface area contributed by atoms with Crippen molar-refractivity contribution in [2.75, 3.05) is 13.1 Å². The molecular weight excluding hydrogens is 363 g/mol. The summed E-state index contributed by atoms with van der Waals surface area (Å²) in [6.07, 6.45) is -4.08. The van der Waals surface area contributed by atoms with Gasteiger partial charge in [0.25, 0.3) is 0 Å². The van der Waals surface area contributed by atoms with Crippen LogP contribution in [-0.2, 0) is 4.74 Å². The summed E-state index contributed by atoms with van der Waals surface area (Å²) in [5, 5.41) is 0.0206. The van der Waals surface area contributed by atoms with Crippen LogP contribution in [0.25, 0.3) is 0 Å². The quantitative estimate of drug-likeness (QED) is 0.781. The van der Waals surface area contributed by atoms with E-state index in [2.05, 4.69) is 9.97 Å². The van der Waals surface area contributed by atoms with E-state index in [0.717, 1.165) is 4.90 Å². The highest BCUT2D eigenvalue weighted by atomic mass is 35.5. The van der Waals surface area contributed by atoms with Gasteiger partial charge < -0.3 is 14.4 Å². The monoisotopic (exact) mass is 381 g/mol. The van der Waals surface area contributed by atoms with E-state index in [-0.39, 0.29) is 24.0 Å². The summed E-state index contributed by atoms with van der Waals surface area (Å²) in [7, 11) is 0. The van der Waals surface area contributed by atoms with Crippen molar-refractivity contribution in [2.24, 2.45) is 5.92 Å². The Morgan fingerprint density at radius 2 is 2.00 bits per heavy atom. The van der Waals surface area contributed by atoms with Gasteiger partial charge in [-0.2, -0.15) is 18.2 Å². The first-order chi connectivity index (χ1) is 11.5. The molecule has 2 heterocycles. The number of hydrogen-bond donors (Lipinski definition) is 0. The third kappa shape index (κ3) is 5.62. The Balaban J connectivity index is 2.11. The second-order valence-corrected chi connectivity index (χ2v) is 7.09. The SMILES string of the molecule is CC(C)(C)OC(=O)N1CCC(Oc2cncc(Cl)n2)C(C(F)(F)F)C1. The number of hydrogen-bond acceptors (Lipinski definition) is 5. The number of piperidine rings is 1. The molecule has 0 N–H and O–H groups in total. The fraction of sp³-hybridized carbons (Fsp3) is 0.667. The molecular formula is C15H19ClF3N3O3. The van der Waals surface area contributed by atoms with Gasteiger partial charge in [-0.15, -0.1) is 0 Å². The van der Waals surface area contributed by atoms with Crippen LogP contribution in [0.15, 0.2) is 12.4 Å². The summed E-state index contributed by atoms with van der Waals surface area (Å²) in [5.74, 6) is -1.95. The summed E-state index contributed by atoms with van der Waals surface area (Å²) in [5.41, 5.74) is -0.783. The van der Waals surface area contributed by atoms with Crippen LogP contribution >= 0.6 is 11.6 Å². The lowest BCUT2D eigenvalue weighted by Crippen LogP contribution is -2.53. The average molecular weight is 382 g/mol. The average Bonchev–Trinajstić information content (AvgIpc) is 2.44. The minimum absolute atomic E-state index is 0.0163. The van der Waals surface area contributed by atoms with Crippen molar-refractivity contribution in [1.29, 1.82) is 0 Å². The number of carbonyl (C=O) groups excluding carboxylic acids is 1. The van der Waals surface area contributed by atoms with E-state index in [1.54, 1.807) is 20.8 Å². The first-order valence-corrected chi connectivity index (χ1v) is 8.02. The van der Waals surface area contributed by atoms with Crippen molar-refractivity contribution < 1.29 is 27.4 Å². The van der Waals surface area contributed by atoms with Crippen molar-refractivity contribution in [3.63, 3.8) is 0 Å². The molecule has 2 unspecified atom stereocenters. The van der Waals surface area contributed by atoms with Gasteiger partial charge in [0.1, 0.15) is 17.6 Å². The molecule has 25 heavy (non-hydrogen) atoms. The predicted octanol–water partition coefficient (Wildman–Crippen LogP) is 3.70. The van der Waals surface area contributed by atoms with E-state index in [1.807, 2.05) is 0 Å². The Labute approximate surface area is 148 Å². The summed E-state index contributed by atoms with van der Waals surface area (Å²) < 4.78 is 50.8. The fourth-order valence-corrected chi connectivity index (χ4v) is 2.56. The van der Waals surface area contributed by atoms with Crippen LogP contribution in [0.2, 0.25) is 5.15 Å². The normalized spacial score (nSPS) is 21.8. The third-order valence-corrected chi connectivity index (χ3v) is 3.66. The molecule has 2 rings (SSSR count). The van der Waals surface area contributed by atoms with Crippen molar-refractivity contribution >= 4 is 17.7 Å². The number of halogens is 4. The fourth-order valence-electron chi connectivity index (χ4n) is 2.42. The summed E-state index contributed by atoms with van der Waals surface area (Å²) in [4.78, 5) is 20.6. The van der Waals surface area contributed by atoms with Gasteiger partial charge in [0.15, 0.2) is 5.15 Å². The number of ether oxygens (including phenoxy) is 2. The molecule has 1 amide bonds. The van der Waals surface area contributed by atoms with E-state index in [1.165, 1.54) is 12.4 Å². The van der Waals surface area contributed by atoms with Gasteiger partial charge in [-0.05, 0) is 20.8 Å². The Morgan fingerprint density at radius 1 is 1.32 bits per heavy atom. The molecule has 0 bridgehead atoms. The van der Waals surface area contributed by atoms with Crippen LogP contribution in [0.5, 0.6) is 5.88 Å². The number of nitrogens with zero attached hydrogens (tertiary/aromatic N) is 3. The lowest BCUT2D eigenvalue weighted by atomic mass is 9.94. The minimum atomic E-state index is -4.54. The molecule has 0 saturated carbocycles. The number of aromatic nitrogens is 2. The Morgan fingerprint density at radius 3 is 2.56 bits per heavy atom. The van der Waals surface area contributed by atoms with Gasteiger partial charge in [-0.3, -0.25) is 4.98 Å². The zero-order valence-electron chi connectivity index (χ0n) is 14.0. The molecule has 1 saturated heterocycles. The molecule has 1 aliphatic heterocycles. The van der Waals surface area contributed by atoms with Gasteiger partial charge in [-0.25, -0.2) is 4.79 Å². The Kier molecular flexibility index (Phi) is 5.65. The first-order valence-electron chi connectivity index (χ1n) is 7.64. The molecule has 1 aromatic rings. The van der Waals surface area contributed by atoms with Crippen LogP contribution in [0.4, 0.5) is 18.0 Å².